The van der Waals surface area contributed by atoms with Gasteiger partial charge in [-0.1, -0.05) is 18.2 Å². The van der Waals surface area contributed by atoms with Crippen molar-refractivity contribution in [3.63, 3.8) is 0 Å². The van der Waals surface area contributed by atoms with Gasteiger partial charge in [0.15, 0.2) is 0 Å². The first-order valence-electron chi connectivity index (χ1n) is 9.24. The van der Waals surface area contributed by atoms with Crippen molar-refractivity contribution in [3.8, 4) is 5.75 Å². The van der Waals surface area contributed by atoms with Crippen molar-refractivity contribution in [1.29, 1.82) is 0 Å². The third-order valence-corrected chi connectivity index (χ3v) is 6.04. The van der Waals surface area contributed by atoms with E-state index in [2.05, 4.69) is 26.6 Å². The number of para-hydroxylation sites is 1. The van der Waals surface area contributed by atoms with E-state index in [1.165, 1.54) is 11.8 Å². The number of nitrogens with one attached hydrogen (secondary N) is 2. The van der Waals surface area contributed by atoms with Crippen LogP contribution < -0.4 is 15.4 Å². The lowest BCUT2D eigenvalue weighted by Crippen LogP contribution is -2.22. The van der Waals surface area contributed by atoms with Crippen molar-refractivity contribution in [1.82, 2.24) is 0 Å². The van der Waals surface area contributed by atoms with Gasteiger partial charge in [-0.05, 0) is 77.5 Å². The SMILES string of the molecule is COc1ccc(C(=O)Nc2cccc(SC(C)C(=O)Nc3ccccc3Br)c2)cc1. The zero-order chi connectivity index (χ0) is 21.5. The molecular formula is C23H21BrN2O3S. The van der Waals surface area contributed by atoms with Gasteiger partial charge in [0.25, 0.3) is 5.91 Å². The molecule has 1 unspecified atom stereocenters. The number of carbonyl (C=O) groups excluding carboxylic acids is 2. The zero-order valence-corrected chi connectivity index (χ0v) is 18.9. The minimum absolute atomic E-state index is 0.0976. The highest BCUT2D eigenvalue weighted by molar-refractivity contribution is 9.10. The monoisotopic (exact) mass is 484 g/mol. The summed E-state index contributed by atoms with van der Waals surface area (Å²) in [6.07, 6.45) is 0. The Hall–Kier alpha value is -2.77. The van der Waals surface area contributed by atoms with E-state index >= 15 is 0 Å². The molecule has 3 aromatic carbocycles. The van der Waals surface area contributed by atoms with E-state index in [0.29, 0.717) is 17.0 Å². The van der Waals surface area contributed by atoms with Gasteiger partial charge in [-0.15, -0.1) is 11.8 Å². The molecule has 0 aliphatic carbocycles. The van der Waals surface area contributed by atoms with Crippen molar-refractivity contribution in [3.05, 3.63) is 82.8 Å². The smallest absolute Gasteiger partial charge is 0.255 e. The van der Waals surface area contributed by atoms with Crippen LogP contribution in [0.2, 0.25) is 0 Å². The summed E-state index contributed by atoms with van der Waals surface area (Å²) in [5, 5.41) is 5.49. The number of benzene rings is 3. The zero-order valence-electron chi connectivity index (χ0n) is 16.5. The molecule has 7 heteroatoms. The maximum Gasteiger partial charge on any atom is 0.255 e. The second kappa shape index (κ2) is 10.3. The van der Waals surface area contributed by atoms with Crippen LogP contribution in [0, 0.1) is 0 Å². The second-order valence-corrected chi connectivity index (χ2v) is 8.71. The molecular weight excluding hydrogens is 464 g/mol. The van der Waals surface area contributed by atoms with E-state index < -0.39 is 0 Å². The van der Waals surface area contributed by atoms with Gasteiger partial charge >= 0.3 is 0 Å². The van der Waals surface area contributed by atoms with E-state index in [4.69, 9.17) is 4.74 Å². The molecule has 2 amide bonds. The molecule has 0 bridgehead atoms. The second-order valence-electron chi connectivity index (χ2n) is 6.44. The summed E-state index contributed by atoms with van der Waals surface area (Å²) in [5.74, 6) is 0.388. The molecule has 0 radical (unpaired) electrons. The average Bonchev–Trinajstić information content (AvgIpc) is 2.75. The highest BCUT2D eigenvalue weighted by atomic mass is 79.9. The van der Waals surface area contributed by atoms with E-state index in [1.807, 2.05) is 55.5 Å². The lowest BCUT2D eigenvalue weighted by Gasteiger charge is -2.14. The van der Waals surface area contributed by atoms with Gasteiger partial charge in [-0.3, -0.25) is 9.59 Å². The van der Waals surface area contributed by atoms with Crippen LogP contribution in [0.15, 0.2) is 82.2 Å². The number of methoxy groups -OCH3 is 1. The Morgan fingerprint density at radius 2 is 1.70 bits per heavy atom. The number of rotatable bonds is 7. The van der Waals surface area contributed by atoms with E-state index in [1.54, 1.807) is 31.4 Å². The number of anilines is 2. The van der Waals surface area contributed by atoms with Gasteiger partial charge in [0.05, 0.1) is 18.0 Å². The molecule has 0 aliphatic rings. The molecule has 0 saturated carbocycles. The van der Waals surface area contributed by atoms with Gasteiger partial charge in [0.2, 0.25) is 5.91 Å². The van der Waals surface area contributed by atoms with Crippen LogP contribution in [0.5, 0.6) is 5.75 Å². The minimum Gasteiger partial charge on any atom is -0.497 e. The number of hydrogen-bond donors (Lipinski definition) is 2. The largest absolute Gasteiger partial charge is 0.497 e. The molecule has 0 aromatic heterocycles. The third kappa shape index (κ3) is 5.87. The molecule has 0 heterocycles. The minimum atomic E-state index is -0.315. The Labute approximate surface area is 188 Å². The maximum atomic E-state index is 12.5. The summed E-state index contributed by atoms with van der Waals surface area (Å²) in [6, 6.07) is 21.8. The fourth-order valence-electron chi connectivity index (χ4n) is 2.65. The summed E-state index contributed by atoms with van der Waals surface area (Å²) in [6.45, 7) is 1.85. The molecule has 2 N–H and O–H groups in total. The van der Waals surface area contributed by atoms with Crippen molar-refractivity contribution >= 4 is 50.9 Å². The predicted molar refractivity (Wildman–Crippen MR) is 125 cm³/mol. The summed E-state index contributed by atoms with van der Waals surface area (Å²) < 4.78 is 5.95. The number of halogens is 1. The number of amides is 2. The van der Waals surface area contributed by atoms with Crippen LogP contribution in [0.1, 0.15) is 17.3 Å². The van der Waals surface area contributed by atoms with Crippen LogP contribution in [0.25, 0.3) is 0 Å². The topological polar surface area (TPSA) is 67.4 Å². The van der Waals surface area contributed by atoms with Gasteiger partial charge < -0.3 is 15.4 Å². The van der Waals surface area contributed by atoms with E-state index in [9.17, 15) is 9.59 Å². The Morgan fingerprint density at radius 3 is 2.40 bits per heavy atom. The standard InChI is InChI=1S/C23H21BrN2O3S/c1-15(22(27)26-21-9-4-3-8-20(21)24)30-19-7-5-6-17(14-19)25-23(28)16-10-12-18(29-2)13-11-16/h3-15H,1-2H3,(H,25,28)(H,26,27). The predicted octanol–water partition coefficient (Wildman–Crippen LogP) is 5.83. The van der Waals surface area contributed by atoms with Crippen LogP contribution in [-0.2, 0) is 4.79 Å². The summed E-state index contributed by atoms with van der Waals surface area (Å²) >= 11 is 4.86. The Bertz CT molecular complexity index is 1040. The quantitative estimate of drug-likeness (QED) is 0.414. The summed E-state index contributed by atoms with van der Waals surface area (Å²) in [7, 11) is 1.58. The van der Waals surface area contributed by atoms with Crippen LogP contribution in [-0.4, -0.2) is 24.2 Å². The Morgan fingerprint density at radius 1 is 0.967 bits per heavy atom. The van der Waals surface area contributed by atoms with E-state index in [0.717, 1.165) is 15.1 Å². The lowest BCUT2D eigenvalue weighted by atomic mass is 10.2. The van der Waals surface area contributed by atoms with Crippen molar-refractivity contribution in [2.24, 2.45) is 0 Å². The number of hydrogen-bond acceptors (Lipinski definition) is 4. The fourth-order valence-corrected chi connectivity index (χ4v) is 3.96. The highest BCUT2D eigenvalue weighted by Gasteiger charge is 2.16. The Balaban J connectivity index is 1.62. The van der Waals surface area contributed by atoms with Crippen LogP contribution in [0.4, 0.5) is 11.4 Å². The molecule has 0 aliphatic heterocycles. The fraction of sp³-hybridized carbons (Fsp3) is 0.130. The molecule has 0 saturated heterocycles. The lowest BCUT2D eigenvalue weighted by molar-refractivity contribution is -0.115. The summed E-state index contributed by atoms with van der Waals surface area (Å²) in [4.78, 5) is 25.9. The molecule has 0 spiro atoms. The van der Waals surface area contributed by atoms with Gasteiger partial charge in [-0.25, -0.2) is 0 Å². The molecule has 1 atom stereocenters. The maximum absolute atomic E-state index is 12.5. The number of thioether (sulfide) groups is 1. The molecule has 30 heavy (non-hydrogen) atoms. The van der Waals surface area contributed by atoms with Gasteiger partial charge in [0.1, 0.15) is 5.75 Å². The number of carbonyl (C=O) groups is 2. The van der Waals surface area contributed by atoms with Gasteiger partial charge in [0, 0.05) is 20.6 Å². The van der Waals surface area contributed by atoms with Crippen LogP contribution >= 0.6 is 27.7 Å². The van der Waals surface area contributed by atoms with E-state index in [-0.39, 0.29) is 17.1 Å². The molecule has 3 rings (SSSR count). The molecule has 5 nitrogen and oxygen atoms in total. The number of ether oxygens (including phenoxy) is 1. The summed E-state index contributed by atoms with van der Waals surface area (Å²) in [5.41, 5.74) is 1.93. The first-order valence-corrected chi connectivity index (χ1v) is 10.9. The van der Waals surface area contributed by atoms with Gasteiger partial charge in [-0.2, -0.15) is 0 Å². The molecule has 3 aromatic rings. The highest BCUT2D eigenvalue weighted by Crippen LogP contribution is 2.28. The van der Waals surface area contributed by atoms with Crippen molar-refractivity contribution in [2.45, 2.75) is 17.1 Å². The van der Waals surface area contributed by atoms with Crippen molar-refractivity contribution in [2.75, 3.05) is 17.7 Å². The van der Waals surface area contributed by atoms with Crippen LogP contribution in [0.3, 0.4) is 0 Å². The first kappa shape index (κ1) is 21.9. The first-order chi connectivity index (χ1) is 14.5. The molecule has 0 fully saturated rings. The normalized spacial score (nSPS) is 11.4. The average molecular weight is 485 g/mol. The Kier molecular flexibility index (Phi) is 7.54. The third-order valence-electron chi connectivity index (χ3n) is 4.26. The molecule has 154 valence electrons. The van der Waals surface area contributed by atoms with Crippen molar-refractivity contribution < 1.29 is 14.3 Å².